The fraction of sp³-hybridized carbons (Fsp3) is 0.909. The Morgan fingerprint density at radius 3 is 2.73 bits per heavy atom. The molecule has 2 fully saturated rings. The summed E-state index contributed by atoms with van der Waals surface area (Å²) in [5, 5.41) is 8.94. The van der Waals surface area contributed by atoms with Gasteiger partial charge in [0.25, 0.3) is 0 Å². The zero-order chi connectivity index (χ0) is 10.8. The molecule has 1 heterocycles. The Morgan fingerprint density at radius 2 is 2.27 bits per heavy atom. The Balaban J connectivity index is 1.89. The fourth-order valence-corrected chi connectivity index (χ4v) is 2.48. The zero-order valence-corrected chi connectivity index (χ0v) is 9.19. The first-order valence-corrected chi connectivity index (χ1v) is 5.68. The Bertz CT molecular complexity index is 240. The molecule has 0 amide bonds. The van der Waals surface area contributed by atoms with Gasteiger partial charge >= 0.3 is 5.97 Å². The van der Waals surface area contributed by atoms with Crippen molar-refractivity contribution in [2.45, 2.75) is 25.3 Å². The second kappa shape index (κ2) is 4.49. The molecule has 2 aliphatic rings. The van der Waals surface area contributed by atoms with E-state index in [9.17, 15) is 4.79 Å². The fourth-order valence-electron chi connectivity index (χ4n) is 2.48. The first-order valence-electron chi connectivity index (χ1n) is 5.68. The van der Waals surface area contributed by atoms with Crippen LogP contribution in [0.2, 0.25) is 0 Å². The average molecular weight is 213 g/mol. The minimum Gasteiger partial charge on any atom is -0.481 e. The van der Waals surface area contributed by atoms with E-state index in [4.69, 9.17) is 9.84 Å². The van der Waals surface area contributed by atoms with Crippen LogP contribution in [-0.2, 0) is 9.53 Å². The molecule has 15 heavy (non-hydrogen) atoms. The molecular formula is C11H19NO3. The molecule has 0 aromatic heterocycles. The summed E-state index contributed by atoms with van der Waals surface area (Å²) < 4.78 is 5.22. The lowest BCUT2D eigenvalue weighted by atomic mass is 10.1. The summed E-state index contributed by atoms with van der Waals surface area (Å²) in [6.07, 6.45) is 3.35. The summed E-state index contributed by atoms with van der Waals surface area (Å²) in [7, 11) is 1.72. The van der Waals surface area contributed by atoms with E-state index in [2.05, 4.69) is 4.90 Å². The number of aliphatic carboxylic acids is 1. The average Bonchev–Trinajstić information content (AvgIpc) is 2.91. The smallest absolute Gasteiger partial charge is 0.307 e. The normalized spacial score (nSPS) is 29.3. The van der Waals surface area contributed by atoms with E-state index in [0.29, 0.717) is 12.6 Å². The van der Waals surface area contributed by atoms with E-state index in [1.165, 1.54) is 12.8 Å². The van der Waals surface area contributed by atoms with Crippen molar-refractivity contribution in [2.75, 3.05) is 26.8 Å². The second-order valence-corrected chi connectivity index (χ2v) is 4.68. The molecule has 0 aromatic rings. The molecule has 1 aliphatic heterocycles. The molecule has 4 nitrogen and oxygen atoms in total. The third-order valence-corrected chi connectivity index (χ3v) is 3.54. The van der Waals surface area contributed by atoms with Crippen molar-refractivity contribution >= 4 is 5.97 Å². The number of likely N-dealkylation sites (tertiary alicyclic amines) is 1. The second-order valence-electron chi connectivity index (χ2n) is 4.68. The van der Waals surface area contributed by atoms with Gasteiger partial charge in [0.1, 0.15) is 0 Å². The minimum absolute atomic E-state index is 0.164. The van der Waals surface area contributed by atoms with Gasteiger partial charge in [0.05, 0.1) is 12.5 Å². The highest BCUT2D eigenvalue weighted by molar-refractivity contribution is 5.70. The molecule has 86 valence electrons. The van der Waals surface area contributed by atoms with Crippen LogP contribution in [0.25, 0.3) is 0 Å². The van der Waals surface area contributed by atoms with Gasteiger partial charge in [0.15, 0.2) is 0 Å². The van der Waals surface area contributed by atoms with Gasteiger partial charge in [-0.15, -0.1) is 0 Å². The number of hydrogen-bond acceptors (Lipinski definition) is 3. The lowest BCUT2D eigenvalue weighted by molar-refractivity contribution is -0.141. The summed E-state index contributed by atoms with van der Waals surface area (Å²) in [5.41, 5.74) is 0. The molecule has 2 atom stereocenters. The van der Waals surface area contributed by atoms with Crippen LogP contribution >= 0.6 is 0 Å². The number of ether oxygens (including phenoxy) is 1. The predicted molar refractivity (Wildman–Crippen MR) is 55.7 cm³/mol. The maximum absolute atomic E-state index is 10.9. The van der Waals surface area contributed by atoms with Crippen LogP contribution in [0.15, 0.2) is 0 Å². The van der Waals surface area contributed by atoms with Crippen molar-refractivity contribution in [3.63, 3.8) is 0 Å². The Kier molecular flexibility index (Phi) is 3.26. The van der Waals surface area contributed by atoms with Crippen molar-refractivity contribution in [1.82, 2.24) is 4.90 Å². The van der Waals surface area contributed by atoms with Crippen LogP contribution < -0.4 is 0 Å². The summed E-state index contributed by atoms with van der Waals surface area (Å²) in [6.45, 7) is 2.37. The van der Waals surface area contributed by atoms with Gasteiger partial charge in [-0.1, -0.05) is 0 Å². The Morgan fingerprint density at radius 1 is 1.53 bits per heavy atom. The van der Waals surface area contributed by atoms with Gasteiger partial charge in [-0.05, 0) is 31.7 Å². The van der Waals surface area contributed by atoms with E-state index in [1.807, 2.05) is 0 Å². The van der Waals surface area contributed by atoms with Crippen LogP contribution in [-0.4, -0.2) is 48.8 Å². The first-order chi connectivity index (χ1) is 7.22. The van der Waals surface area contributed by atoms with Gasteiger partial charge in [-0.3, -0.25) is 9.69 Å². The third-order valence-electron chi connectivity index (χ3n) is 3.54. The predicted octanol–water partition coefficient (Wildman–Crippen LogP) is 0.818. The van der Waals surface area contributed by atoms with Crippen LogP contribution in [0, 0.1) is 11.8 Å². The maximum Gasteiger partial charge on any atom is 0.307 e. The molecule has 2 unspecified atom stereocenters. The van der Waals surface area contributed by atoms with Crippen molar-refractivity contribution < 1.29 is 14.6 Å². The summed E-state index contributed by atoms with van der Waals surface area (Å²) in [6, 6.07) is 0.458. The molecule has 0 spiro atoms. The highest BCUT2D eigenvalue weighted by atomic mass is 16.5. The molecule has 1 saturated carbocycles. The summed E-state index contributed by atoms with van der Waals surface area (Å²) in [4.78, 5) is 13.2. The molecule has 1 saturated heterocycles. The van der Waals surface area contributed by atoms with Crippen molar-refractivity contribution in [3.05, 3.63) is 0 Å². The van der Waals surface area contributed by atoms with E-state index in [1.54, 1.807) is 7.11 Å². The summed E-state index contributed by atoms with van der Waals surface area (Å²) in [5.74, 6) is -0.0648. The van der Waals surface area contributed by atoms with Crippen LogP contribution in [0.3, 0.4) is 0 Å². The molecule has 2 rings (SSSR count). The highest BCUT2D eigenvalue weighted by Crippen LogP contribution is 2.37. The molecule has 0 aromatic carbocycles. The van der Waals surface area contributed by atoms with E-state index < -0.39 is 5.97 Å². The molecule has 1 N–H and O–H groups in total. The number of methoxy groups -OCH3 is 1. The quantitative estimate of drug-likeness (QED) is 0.734. The van der Waals surface area contributed by atoms with E-state index in [-0.39, 0.29) is 5.92 Å². The van der Waals surface area contributed by atoms with Crippen LogP contribution in [0.4, 0.5) is 0 Å². The SMILES string of the molecule is COCC(C1CC1)N1CCC(C(=O)O)C1. The Labute approximate surface area is 90.2 Å². The minimum atomic E-state index is -0.649. The first kappa shape index (κ1) is 10.9. The number of nitrogens with zero attached hydrogens (tertiary/aromatic N) is 1. The van der Waals surface area contributed by atoms with Gasteiger partial charge in [0.2, 0.25) is 0 Å². The lowest BCUT2D eigenvalue weighted by Crippen LogP contribution is -2.39. The monoisotopic (exact) mass is 213 g/mol. The lowest BCUT2D eigenvalue weighted by Gasteiger charge is -2.26. The molecule has 4 heteroatoms. The van der Waals surface area contributed by atoms with Crippen LogP contribution in [0.1, 0.15) is 19.3 Å². The van der Waals surface area contributed by atoms with Gasteiger partial charge in [-0.2, -0.15) is 0 Å². The van der Waals surface area contributed by atoms with Gasteiger partial charge < -0.3 is 9.84 Å². The number of hydrogen-bond donors (Lipinski definition) is 1. The van der Waals surface area contributed by atoms with Gasteiger partial charge in [0, 0.05) is 19.7 Å². The standard InChI is InChI=1S/C11H19NO3/c1-15-7-10(8-2-3-8)12-5-4-9(6-12)11(13)14/h8-10H,2-7H2,1H3,(H,13,14). The zero-order valence-electron chi connectivity index (χ0n) is 9.19. The highest BCUT2D eigenvalue weighted by Gasteiger charge is 2.39. The maximum atomic E-state index is 10.9. The molecule has 0 bridgehead atoms. The number of carboxylic acid groups (broad SMARTS) is 1. The molecule has 1 aliphatic carbocycles. The van der Waals surface area contributed by atoms with E-state index >= 15 is 0 Å². The van der Waals surface area contributed by atoms with Crippen LogP contribution in [0.5, 0.6) is 0 Å². The van der Waals surface area contributed by atoms with Crippen molar-refractivity contribution in [3.8, 4) is 0 Å². The topological polar surface area (TPSA) is 49.8 Å². The number of carbonyl (C=O) groups is 1. The summed E-state index contributed by atoms with van der Waals surface area (Å²) >= 11 is 0. The Hall–Kier alpha value is -0.610. The number of rotatable bonds is 5. The molecule has 0 radical (unpaired) electrons. The van der Waals surface area contributed by atoms with Crippen molar-refractivity contribution in [2.24, 2.45) is 11.8 Å². The molecular weight excluding hydrogens is 194 g/mol. The largest absolute Gasteiger partial charge is 0.481 e. The van der Waals surface area contributed by atoms with Crippen molar-refractivity contribution in [1.29, 1.82) is 0 Å². The third kappa shape index (κ3) is 2.49. The van der Waals surface area contributed by atoms with Gasteiger partial charge in [-0.25, -0.2) is 0 Å². The number of carboxylic acids is 1. The van der Waals surface area contributed by atoms with E-state index in [0.717, 1.165) is 25.5 Å².